The SMILES string of the molecule is N#CC1CCCCC1Nc1cc(F)ccc1N. The molecule has 4 heteroatoms. The van der Waals surface area contributed by atoms with E-state index in [4.69, 9.17) is 11.0 Å². The highest BCUT2D eigenvalue weighted by atomic mass is 19.1. The smallest absolute Gasteiger partial charge is 0.125 e. The van der Waals surface area contributed by atoms with Gasteiger partial charge in [0.1, 0.15) is 5.82 Å². The largest absolute Gasteiger partial charge is 0.397 e. The molecule has 0 spiro atoms. The Balaban J connectivity index is 2.14. The van der Waals surface area contributed by atoms with E-state index in [0.717, 1.165) is 25.7 Å². The van der Waals surface area contributed by atoms with Crippen LogP contribution in [-0.2, 0) is 0 Å². The monoisotopic (exact) mass is 233 g/mol. The third-order valence-electron chi connectivity index (χ3n) is 3.29. The molecule has 0 saturated heterocycles. The van der Waals surface area contributed by atoms with E-state index in [1.807, 2.05) is 0 Å². The molecule has 2 atom stereocenters. The van der Waals surface area contributed by atoms with Gasteiger partial charge in [0.05, 0.1) is 23.4 Å². The molecule has 0 aliphatic heterocycles. The van der Waals surface area contributed by atoms with Crippen molar-refractivity contribution in [2.24, 2.45) is 5.92 Å². The van der Waals surface area contributed by atoms with Crippen LogP contribution in [0.15, 0.2) is 18.2 Å². The van der Waals surface area contributed by atoms with Gasteiger partial charge < -0.3 is 11.1 Å². The molecule has 1 saturated carbocycles. The number of hydrogen-bond donors (Lipinski definition) is 2. The third-order valence-corrected chi connectivity index (χ3v) is 3.29. The lowest BCUT2D eigenvalue weighted by molar-refractivity contribution is 0.389. The fourth-order valence-corrected chi connectivity index (χ4v) is 2.31. The Morgan fingerprint density at radius 2 is 2.12 bits per heavy atom. The van der Waals surface area contributed by atoms with E-state index in [1.165, 1.54) is 12.1 Å². The van der Waals surface area contributed by atoms with Gasteiger partial charge in [-0.05, 0) is 31.0 Å². The summed E-state index contributed by atoms with van der Waals surface area (Å²) in [5.74, 6) is -0.322. The zero-order valence-corrected chi connectivity index (χ0v) is 9.62. The molecule has 0 radical (unpaired) electrons. The van der Waals surface area contributed by atoms with Crippen molar-refractivity contribution >= 4 is 11.4 Å². The molecule has 3 N–H and O–H groups in total. The highest BCUT2D eigenvalue weighted by molar-refractivity contribution is 5.66. The molecular formula is C13H16FN3. The van der Waals surface area contributed by atoms with Crippen molar-refractivity contribution in [2.45, 2.75) is 31.7 Å². The predicted octanol–water partition coefficient (Wildman–Crippen LogP) is 2.90. The molecule has 1 aromatic carbocycles. The lowest BCUT2D eigenvalue weighted by Gasteiger charge is -2.28. The molecule has 90 valence electrons. The first-order chi connectivity index (χ1) is 8.20. The first-order valence-electron chi connectivity index (χ1n) is 5.92. The number of benzene rings is 1. The van der Waals surface area contributed by atoms with Gasteiger partial charge in [0.25, 0.3) is 0 Å². The predicted molar refractivity (Wildman–Crippen MR) is 65.8 cm³/mol. The number of nitrogens with one attached hydrogen (secondary N) is 1. The lowest BCUT2D eigenvalue weighted by Crippen LogP contribution is -2.31. The van der Waals surface area contributed by atoms with Crippen molar-refractivity contribution in [3.8, 4) is 6.07 Å². The van der Waals surface area contributed by atoms with Gasteiger partial charge >= 0.3 is 0 Å². The summed E-state index contributed by atoms with van der Waals surface area (Å²) < 4.78 is 13.1. The third kappa shape index (κ3) is 2.68. The Labute approximate surface area is 100 Å². The maximum absolute atomic E-state index is 13.1. The van der Waals surface area contributed by atoms with E-state index >= 15 is 0 Å². The molecule has 1 aromatic rings. The molecular weight excluding hydrogens is 217 g/mol. The van der Waals surface area contributed by atoms with Gasteiger partial charge in [-0.25, -0.2) is 4.39 Å². The fourth-order valence-electron chi connectivity index (χ4n) is 2.31. The van der Waals surface area contributed by atoms with Gasteiger partial charge in [0.15, 0.2) is 0 Å². The van der Waals surface area contributed by atoms with Crippen molar-refractivity contribution in [3.63, 3.8) is 0 Å². The van der Waals surface area contributed by atoms with Crippen LogP contribution in [0.2, 0.25) is 0 Å². The zero-order valence-electron chi connectivity index (χ0n) is 9.62. The maximum atomic E-state index is 13.1. The molecule has 1 aliphatic rings. The second-order valence-electron chi connectivity index (χ2n) is 4.50. The van der Waals surface area contributed by atoms with Gasteiger partial charge in [0, 0.05) is 6.04 Å². The Kier molecular flexibility index (Phi) is 3.48. The Hall–Kier alpha value is -1.76. The summed E-state index contributed by atoms with van der Waals surface area (Å²) in [6.07, 6.45) is 4.04. The van der Waals surface area contributed by atoms with E-state index in [1.54, 1.807) is 6.07 Å². The van der Waals surface area contributed by atoms with Crippen molar-refractivity contribution in [1.82, 2.24) is 0 Å². The maximum Gasteiger partial charge on any atom is 0.125 e. The molecule has 3 nitrogen and oxygen atoms in total. The van der Waals surface area contributed by atoms with Crippen molar-refractivity contribution in [3.05, 3.63) is 24.0 Å². The molecule has 0 heterocycles. The minimum Gasteiger partial charge on any atom is -0.397 e. The van der Waals surface area contributed by atoms with Gasteiger partial charge in [-0.1, -0.05) is 12.8 Å². The minimum absolute atomic E-state index is 0.00795. The minimum atomic E-state index is -0.314. The summed E-state index contributed by atoms with van der Waals surface area (Å²) in [7, 11) is 0. The van der Waals surface area contributed by atoms with Crippen LogP contribution < -0.4 is 11.1 Å². The molecule has 1 fully saturated rings. The summed E-state index contributed by atoms with van der Waals surface area (Å²) in [4.78, 5) is 0. The summed E-state index contributed by atoms with van der Waals surface area (Å²) in [5.41, 5.74) is 6.90. The first-order valence-corrected chi connectivity index (χ1v) is 5.92. The molecule has 1 aliphatic carbocycles. The average Bonchev–Trinajstić information content (AvgIpc) is 2.34. The van der Waals surface area contributed by atoms with Crippen LogP contribution >= 0.6 is 0 Å². The highest BCUT2D eigenvalue weighted by Crippen LogP contribution is 2.29. The normalized spacial score (nSPS) is 24.0. The summed E-state index contributed by atoms with van der Waals surface area (Å²) >= 11 is 0. The average molecular weight is 233 g/mol. The lowest BCUT2D eigenvalue weighted by atomic mass is 9.85. The second kappa shape index (κ2) is 5.05. The Morgan fingerprint density at radius 3 is 2.88 bits per heavy atom. The molecule has 17 heavy (non-hydrogen) atoms. The topological polar surface area (TPSA) is 61.8 Å². The van der Waals surface area contributed by atoms with E-state index < -0.39 is 0 Å². The number of nitrogens with zero attached hydrogens (tertiary/aromatic N) is 1. The van der Waals surface area contributed by atoms with Gasteiger partial charge in [0.2, 0.25) is 0 Å². The zero-order chi connectivity index (χ0) is 12.3. The van der Waals surface area contributed by atoms with Crippen LogP contribution in [0, 0.1) is 23.1 Å². The summed E-state index contributed by atoms with van der Waals surface area (Å²) in [5, 5.41) is 12.3. The number of rotatable bonds is 2. The van der Waals surface area contributed by atoms with E-state index in [0.29, 0.717) is 11.4 Å². The van der Waals surface area contributed by atoms with E-state index in [2.05, 4.69) is 11.4 Å². The molecule has 0 amide bonds. The summed E-state index contributed by atoms with van der Waals surface area (Å²) in [6.45, 7) is 0. The van der Waals surface area contributed by atoms with Crippen LogP contribution in [0.25, 0.3) is 0 Å². The molecule has 0 bridgehead atoms. The van der Waals surface area contributed by atoms with Crippen LogP contribution in [0.5, 0.6) is 0 Å². The van der Waals surface area contributed by atoms with E-state index in [-0.39, 0.29) is 17.8 Å². The Morgan fingerprint density at radius 1 is 1.35 bits per heavy atom. The van der Waals surface area contributed by atoms with Crippen molar-refractivity contribution < 1.29 is 4.39 Å². The number of nitrogen functional groups attached to an aromatic ring is 1. The van der Waals surface area contributed by atoms with Gasteiger partial charge in [-0.15, -0.1) is 0 Å². The van der Waals surface area contributed by atoms with Crippen LogP contribution in [0.1, 0.15) is 25.7 Å². The van der Waals surface area contributed by atoms with Crippen molar-refractivity contribution in [1.29, 1.82) is 5.26 Å². The fraction of sp³-hybridized carbons (Fsp3) is 0.462. The molecule has 0 aromatic heterocycles. The number of nitriles is 1. The van der Waals surface area contributed by atoms with Crippen LogP contribution in [-0.4, -0.2) is 6.04 Å². The van der Waals surface area contributed by atoms with E-state index in [9.17, 15) is 4.39 Å². The quantitative estimate of drug-likeness (QED) is 0.772. The van der Waals surface area contributed by atoms with Crippen molar-refractivity contribution in [2.75, 3.05) is 11.1 Å². The number of hydrogen-bond acceptors (Lipinski definition) is 3. The standard InChI is InChI=1S/C13H16FN3/c14-10-5-6-11(16)13(7-10)17-12-4-2-1-3-9(12)8-15/h5-7,9,12,17H,1-4,16H2. The second-order valence-corrected chi connectivity index (χ2v) is 4.50. The van der Waals surface area contributed by atoms with Gasteiger partial charge in [-0.2, -0.15) is 5.26 Å². The molecule has 2 rings (SSSR count). The number of anilines is 2. The van der Waals surface area contributed by atoms with Gasteiger partial charge in [-0.3, -0.25) is 0 Å². The number of nitrogens with two attached hydrogens (primary N) is 1. The Bertz CT molecular complexity index is 439. The highest BCUT2D eigenvalue weighted by Gasteiger charge is 2.25. The molecule has 2 unspecified atom stereocenters. The van der Waals surface area contributed by atoms with Crippen LogP contribution in [0.4, 0.5) is 15.8 Å². The van der Waals surface area contributed by atoms with Crippen LogP contribution in [0.3, 0.4) is 0 Å². The summed E-state index contributed by atoms with van der Waals surface area (Å²) in [6, 6.07) is 6.66. The first kappa shape index (κ1) is 11.7. The number of halogens is 1.